The van der Waals surface area contributed by atoms with Gasteiger partial charge in [0, 0.05) is 17.9 Å². The van der Waals surface area contributed by atoms with E-state index in [-0.39, 0.29) is 11.9 Å². The van der Waals surface area contributed by atoms with Gasteiger partial charge in [-0.25, -0.2) is 18.4 Å². The summed E-state index contributed by atoms with van der Waals surface area (Å²) in [5, 5.41) is 2.60. The summed E-state index contributed by atoms with van der Waals surface area (Å²) in [4.78, 5) is 20.4. The molecule has 110 valence electrons. The summed E-state index contributed by atoms with van der Waals surface area (Å²) in [6.45, 7) is 4.00. The van der Waals surface area contributed by atoms with Crippen LogP contribution in [0.2, 0.25) is 0 Å². The molecule has 1 saturated heterocycles. The van der Waals surface area contributed by atoms with Gasteiger partial charge in [0.15, 0.2) is 0 Å². The van der Waals surface area contributed by atoms with Crippen molar-refractivity contribution in [2.45, 2.75) is 32.7 Å². The van der Waals surface area contributed by atoms with Crippen molar-refractivity contribution in [2.24, 2.45) is 0 Å². The van der Waals surface area contributed by atoms with Gasteiger partial charge in [0.2, 0.25) is 21.9 Å². The monoisotopic (exact) mass is 298 g/mol. The Hall–Kier alpha value is -1.54. The lowest BCUT2D eigenvalue weighted by Crippen LogP contribution is -2.42. The van der Waals surface area contributed by atoms with Crippen LogP contribution in [-0.4, -0.2) is 47.4 Å². The molecule has 1 N–H and O–H groups in total. The van der Waals surface area contributed by atoms with Crippen LogP contribution in [0.1, 0.15) is 24.2 Å². The Balaban J connectivity index is 2.15. The molecule has 20 heavy (non-hydrogen) atoms. The lowest BCUT2D eigenvalue weighted by Gasteiger charge is -2.20. The highest BCUT2D eigenvalue weighted by Gasteiger charge is 2.36. The summed E-state index contributed by atoms with van der Waals surface area (Å²) in [5.74, 6) is -0.161. The Kier molecular flexibility index (Phi) is 4.05. The third-order valence-electron chi connectivity index (χ3n) is 3.15. The minimum atomic E-state index is -3.37. The first-order valence-corrected chi connectivity index (χ1v) is 8.22. The van der Waals surface area contributed by atoms with E-state index in [0.29, 0.717) is 19.4 Å². The lowest BCUT2D eigenvalue weighted by atomic mass is 10.2. The van der Waals surface area contributed by atoms with Crippen LogP contribution in [-0.2, 0) is 14.8 Å². The van der Waals surface area contributed by atoms with E-state index in [2.05, 4.69) is 15.3 Å². The third-order valence-corrected chi connectivity index (χ3v) is 4.44. The van der Waals surface area contributed by atoms with Crippen molar-refractivity contribution >= 4 is 21.9 Å². The molecule has 1 amide bonds. The normalized spacial score (nSPS) is 20.1. The predicted molar refractivity (Wildman–Crippen MR) is 74.7 cm³/mol. The summed E-state index contributed by atoms with van der Waals surface area (Å²) in [5.41, 5.74) is 1.50. The van der Waals surface area contributed by atoms with Crippen molar-refractivity contribution in [3.8, 4) is 0 Å². The summed E-state index contributed by atoms with van der Waals surface area (Å²) in [6, 6.07) is 1.13. The molecule has 0 aromatic carbocycles. The molecule has 0 aliphatic carbocycles. The van der Waals surface area contributed by atoms with E-state index in [1.165, 1.54) is 4.31 Å². The number of hydrogen-bond donors (Lipinski definition) is 1. The number of sulfonamides is 1. The number of amides is 1. The van der Waals surface area contributed by atoms with E-state index in [1.54, 1.807) is 6.07 Å². The van der Waals surface area contributed by atoms with E-state index in [9.17, 15) is 13.2 Å². The molecule has 2 heterocycles. The van der Waals surface area contributed by atoms with Crippen LogP contribution in [0.4, 0.5) is 5.95 Å². The maximum Gasteiger partial charge on any atom is 0.245 e. The molecule has 0 radical (unpaired) electrons. The van der Waals surface area contributed by atoms with Crippen LogP contribution < -0.4 is 5.32 Å². The molecular formula is C12H18N4O3S. The molecule has 1 aromatic rings. The van der Waals surface area contributed by atoms with E-state index in [0.717, 1.165) is 17.6 Å². The first-order valence-electron chi connectivity index (χ1n) is 6.37. The molecule has 1 atom stereocenters. The molecule has 7 nitrogen and oxygen atoms in total. The quantitative estimate of drug-likeness (QED) is 0.875. The fraction of sp³-hybridized carbons (Fsp3) is 0.583. The highest BCUT2D eigenvalue weighted by Crippen LogP contribution is 2.21. The number of anilines is 1. The Morgan fingerprint density at radius 1 is 1.35 bits per heavy atom. The summed E-state index contributed by atoms with van der Waals surface area (Å²) < 4.78 is 24.5. The molecule has 1 fully saturated rings. The molecule has 2 rings (SSSR count). The SMILES string of the molecule is Cc1cc(C)nc(NC(=O)[C@H]2CCCN2S(C)(=O)=O)n1. The number of rotatable bonds is 3. The number of carbonyl (C=O) groups is 1. The summed E-state index contributed by atoms with van der Waals surface area (Å²) in [6.07, 6.45) is 2.31. The molecule has 1 aliphatic heterocycles. The topological polar surface area (TPSA) is 92.3 Å². The van der Waals surface area contributed by atoms with Crippen LogP contribution >= 0.6 is 0 Å². The number of nitrogens with zero attached hydrogens (tertiary/aromatic N) is 3. The number of aryl methyl sites for hydroxylation is 2. The van der Waals surface area contributed by atoms with Gasteiger partial charge >= 0.3 is 0 Å². The second-order valence-corrected chi connectivity index (χ2v) is 6.93. The average Bonchev–Trinajstić information content (AvgIpc) is 2.75. The predicted octanol–water partition coefficient (Wildman–Crippen LogP) is 0.456. The van der Waals surface area contributed by atoms with Crippen molar-refractivity contribution in [2.75, 3.05) is 18.1 Å². The average molecular weight is 298 g/mol. The van der Waals surface area contributed by atoms with Gasteiger partial charge in [-0.05, 0) is 32.8 Å². The minimum Gasteiger partial charge on any atom is -0.293 e. The number of hydrogen-bond acceptors (Lipinski definition) is 5. The first kappa shape index (κ1) is 14.9. The lowest BCUT2D eigenvalue weighted by molar-refractivity contribution is -0.119. The largest absolute Gasteiger partial charge is 0.293 e. The van der Waals surface area contributed by atoms with Crippen LogP contribution in [0.5, 0.6) is 0 Å². The van der Waals surface area contributed by atoms with Gasteiger partial charge in [0.25, 0.3) is 0 Å². The zero-order valence-electron chi connectivity index (χ0n) is 11.8. The van der Waals surface area contributed by atoms with E-state index in [4.69, 9.17) is 0 Å². The van der Waals surface area contributed by atoms with Crippen LogP contribution in [0, 0.1) is 13.8 Å². The Morgan fingerprint density at radius 2 is 1.95 bits per heavy atom. The minimum absolute atomic E-state index is 0.216. The summed E-state index contributed by atoms with van der Waals surface area (Å²) in [7, 11) is -3.37. The number of nitrogens with one attached hydrogen (secondary N) is 1. The fourth-order valence-corrected chi connectivity index (χ4v) is 3.50. The highest BCUT2D eigenvalue weighted by molar-refractivity contribution is 7.88. The molecule has 0 spiro atoms. The molecule has 0 unspecified atom stereocenters. The maximum atomic E-state index is 12.2. The van der Waals surface area contributed by atoms with Gasteiger partial charge in [-0.1, -0.05) is 0 Å². The van der Waals surface area contributed by atoms with E-state index >= 15 is 0 Å². The van der Waals surface area contributed by atoms with Crippen LogP contribution in [0.15, 0.2) is 6.07 Å². The fourth-order valence-electron chi connectivity index (χ4n) is 2.37. The van der Waals surface area contributed by atoms with E-state index < -0.39 is 16.1 Å². The Labute approximate surface area is 118 Å². The second kappa shape index (κ2) is 5.45. The van der Waals surface area contributed by atoms with Crippen LogP contribution in [0.3, 0.4) is 0 Å². The summed E-state index contributed by atoms with van der Waals surface area (Å²) >= 11 is 0. The van der Waals surface area contributed by atoms with Crippen molar-refractivity contribution in [1.82, 2.24) is 14.3 Å². The molecule has 1 aromatic heterocycles. The Morgan fingerprint density at radius 3 is 2.50 bits per heavy atom. The molecular weight excluding hydrogens is 280 g/mol. The Bertz CT molecular complexity index is 609. The van der Waals surface area contributed by atoms with Crippen molar-refractivity contribution in [3.05, 3.63) is 17.5 Å². The van der Waals surface area contributed by atoms with E-state index in [1.807, 2.05) is 13.8 Å². The van der Waals surface area contributed by atoms with Gasteiger partial charge in [-0.3, -0.25) is 10.1 Å². The molecule has 8 heteroatoms. The number of aromatic nitrogens is 2. The zero-order valence-corrected chi connectivity index (χ0v) is 12.6. The zero-order chi connectivity index (χ0) is 14.9. The standard InChI is InChI=1S/C12H18N4O3S/c1-8-7-9(2)14-12(13-8)15-11(17)10-5-4-6-16(10)20(3,18)19/h7,10H,4-6H2,1-3H3,(H,13,14,15,17)/t10-/m1/s1. The van der Waals surface area contributed by atoms with Crippen molar-refractivity contribution < 1.29 is 13.2 Å². The molecule has 1 aliphatic rings. The number of carbonyl (C=O) groups excluding carboxylic acids is 1. The van der Waals surface area contributed by atoms with Gasteiger partial charge in [-0.15, -0.1) is 0 Å². The highest BCUT2D eigenvalue weighted by atomic mass is 32.2. The van der Waals surface area contributed by atoms with Gasteiger partial charge in [0.05, 0.1) is 6.26 Å². The van der Waals surface area contributed by atoms with Gasteiger partial charge in [0.1, 0.15) is 6.04 Å². The third kappa shape index (κ3) is 3.31. The van der Waals surface area contributed by atoms with Gasteiger partial charge < -0.3 is 0 Å². The van der Waals surface area contributed by atoms with Crippen LogP contribution in [0.25, 0.3) is 0 Å². The first-order chi connectivity index (χ1) is 9.27. The smallest absolute Gasteiger partial charge is 0.245 e. The van der Waals surface area contributed by atoms with Crippen molar-refractivity contribution in [3.63, 3.8) is 0 Å². The second-order valence-electron chi connectivity index (χ2n) is 5.00. The van der Waals surface area contributed by atoms with Crippen molar-refractivity contribution in [1.29, 1.82) is 0 Å². The van der Waals surface area contributed by atoms with Gasteiger partial charge in [-0.2, -0.15) is 4.31 Å². The molecule has 0 saturated carbocycles. The maximum absolute atomic E-state index is 12.2. The molecule has 0 bridgehead atoms.